The normalized spacial score (nSPS) is 11.9. The van der Waals surface area contributed by atoms with Crippen LogP contribution in [-0.2, 0) is 32.6 Å². The van der Waals surface area contributed by atoms with Gasteiger partial charge in [0.25, 0.3) is 10.0 Å². The van der Waals surface area contributed by atoms with Crippen molar-refractivity contribution in [2.75, 3.05) is 17.9 Å². The van der Waals surface area contributed by atoms with Crippen molar-refractivity contribution in [2.24, 2.45) is 0 Å². The van der Waals surface area contributed by atoms with Gasteiger partial charge in [-0.15, -0.1) is 0 Å². The number of nitrogens with one attached hydrogen (secondary N) is 1. The maximum absolute atomic E-state index is 14.3. The molecule has 0 saturated carbocycles. The lowest BCUT2D eigenvalue weighted by Crippen LogP contribution is -2.53. The molecule has 0 radical (unpaired) electrons. The molecule has 7 nitrogen and oxygen atoms in total. The van der Waals surface area contributed by atoms with Crippen LogP contribution in [0.2, 0.25) is 10.0 Å². The molecule has 218 valence electrons. The Morgan fingerprint density at radius 1 is 0.833 bits per heavy atom. The first kappa shape index (κ1) is 31.6. The molecule has 4 rings (SSSR count). The first-order valence-corrected chi connectivity index (χ1v) is 15.9. The van der Waals surface area contributed by atoms with Gasteiger partial charge in [0.1, 0.15) is 12.6 Å². The van der Waals surface area contributed by atoms with Crippen LogP contribution in [-0.4, -0.2) is 44.8 Å². The molecule has 0 heterocycles. The Labute approximate surface area is 264 Å². The van der Waals surface area contributed by atoms with E-state index in [0.29, 0.717) is 0 Å². The van der Waals surface area contributed by atoms with E-state index in [0.717, 1.165) is 19.9 Å². The third-order valence-corrected chi connectivity index (χ3v) is 9.28. The summed E-state index contributed by atoms with van der Waals surface area (Å²) in [6.07, 6.45) is 0.219. The number of hydrogen-bond acceptors (Lipinski definition) is 4. The number of sulfonamides is 1. The second-order valence-corrected chi connectivity index (χ2v) is 13.1. The molecule has 0 aliphatic carbocycles. The molecular formula is C31H28BrCl2N3O4S. The summed E-state index contributed by atoms with van der Waals surface area (Å²) in [5.74, 6) is -0.967. The highest BCUT2D eigenvalue weighted by atomic mass is 79.9. The van der Waals surface area contributed by atoms with Gasteiger partial charge in [0.2, 0.25) is 11.8 Å². The van der Waals surface area contributed by atoms with Crippen molar-refractivity contribution in [1.82, 2.24) is 10.2 Å². The fourth-order valence-electron chi connectivity index (χ4n) is 4.44. The molecule has 4 aromatic rings. The topological polar surface area (TPSA) is 86.8 Å². The van der Waals surface area contributed by atoms with E-state index in [1.807, 2.05) is 54.6 Å². The van der Waals surface area contributed by atoms with Gasteiger partial charge in [-0.05, 0) is 53.6 Å². The van der Waals surface area contributed by atoms with E-state index in [9.17, 15) is 18.0 Å². The van der Waals surface area contributed by atoms with Crippen molar-refractivity contribution in [2.45, 2.75) is 23.9 Å². The Bertz CT molecular complexity index is 1620. The summed E-state index contributed by atoms with van der Waals surface area (Å²) in [5, 5.41) is 3.08. The van der Waals surface area contributed by atoms with E-state index < -0.39 is 28.5 Å². The van der Waals surface area contributed by atoms with Crippen molar-refractivity contribution < 1.29 is 18.0 Å². The first-order chi connectivity index (χ1) is 20.1. The minimum atomic E-state index is -4.24. The first-order valence-electron chi connectivity index (χ1n) is 12.9. The molecule has 0 aliphatic heterocycles. The summed E-state index contributed by atoms with van der Waals surface area (Å²) in [5.41, 5.74) is 1.72. The van der Waals surface area contributed by atoms with Crippen LogP contribution in [0.5, 0.6) is 0 Å². The monoisotopic (exact) mass is 687 g/mol. The number of carbonyl (C=O) groups is 2. The molecule has 0 saturated heterocycles. The lowest BCUT2D eigenvalue weighted by molar-refractivity contribution is -0.139. The predicted octanol–water partition coefficient (Wildman–Crippen LogP) is 6.34. The van der Waals surface area contributed by atoms with Gasteiger partial charge in [0.15, 0.2) is 0 Å². The number of anilines is 1. The van der Waals surface area contributed by atoms with Gasteiger partial charge in [-0.2, -0.15) is 0 Å². The highest BCUT2D eigenvalue weighted by molar-refractivity contribution is 9.10. The van der Waals surface area contributed by atoms with Crippen LogP contribution in [0.3, 0.4) is 0 Å². The van der Waals surface area contributed by atoms with Crippen LogP contribution in [0.1, 0.15) is 11.1 Å². The van der Waals surface area contributed by atoms with Gasteiger partial charge in [-0.25, -0.2) is 8.42 Å². The molecule has 0 fully saturated rings. The van der Waals surface area contributed by atoms with Gasteiger partial charge in [-0.3, -0.25) is 13.9 Å². The number of rotatable bonds is 11. The van der Waals surface area contributed by atoms with Crippen LogP contribution in [0.25, 0.3) is 0 Å². The fraction of sp³-hybridized carbons (Fsp3) is 0.161. The molecule has 42 heavy (non-hydrogen) atoms. The number of halogens is 3. The standard InChI is InChI=1S/C31H28BrCl2N3O4S/c1-35-31(39)29(16-22-8-4-2-5-9-22)36(20-23-12-14-24(32)15-13-23)30(38)21-37(27-18-25(33)17-26(34)19-27)42(40,41)28-10-6-3-7-11-28/h2-15,17-19,29H,16,20-21H2,1H3,(H,35,39). The van der Waals surface area contributed by atoms with E-state index in [-0.39, 0.29) is 39.5 Å². The van der Waals surface area contributed by atoms with Crippen LogP contribution < -0.4 is 9.62 Å². The summed E-state index contributed by atoms with van der Waals surface area (Å²) >= 11 is 15.9. The number of benzene rings is 4. The molecule has 0 aromatic heterocycles. The zero-order valence-corrected chi connectivity index (χ0v) is 26.5. The van der Waals surface area contributed by atoms with Gasteiger partial charge >= 0.3 is 0 Å². The quantitative estimate of drug-likeness (QED) is 0.199. The summed E-state index contributed by atoms with van der Waals surface area (Å²) in [6, 6.07) is 27.9. The average molecular weight is 689 g/mol. The van der Waals surface area contributed by atoms with E-state index in [4.69, 9.17) is 23.2 Å². The molecule has 1 unspecified atom stereocenters. The van der Waals surface area contributed by atoms with Gasteiger partial charge in [0.05, 0.1) is 10.6 Å². The Kier molecular flexibility index (Phi) is 10.7. The van der Waals surface area contributed by atoms with E-state index in [1.165, 1.54) is 42.3 Å². The number of likely N-dealkylation sites (N-methyl/N-ethyl adjacent to an activating group) is 1. The predicted molar refractivity (Wildman–Crippen MR) is 170 cm³/mol. The largest absolute Gasteiger partial charge is 0.357 e. The Balaban J connectivity index is 1.80. The number of carbonyl (C=O) groups excluding carboxylic acids is 2. The third kappa shape index (κ3) is 7.92. The number of amides is 2. The molecule has 0 aliphatic rings. The van der Waals surface area contributed by atoms with Crippen molar-refractivity contribution in [3.63, 3.8) is 0 Å². The zero-order valence-electron chi connectivity index (χ0n) is 22.6. The molecule has 2 amide bonds. The third-order valence-electron chi connectivity index (χ3n) is 6.53. The summed E-state index contributed by atoms with van der Waals surface area (Å²) in [7, 11) is -2.74. The fourth-order valence-corrected chi connectivity index (χ4v) is 6.64. The highest BCUT2D eigenvalue weighted by Crippen LogP contribution is 2.30. The highest BCUT2D eigenvalue weighted by Gasteiger charge is 2.34. The lowest BCUT2D eigenvalue weighted by atomic mass is 10.0. The Morgan fingerprint density at radius 3 is 1.98 bits per heavy atom. The molecule has 1 atom stereocenters. The summed E-state index contributed by atoms with van der Waals surface area (Å²) in [4.78, 5) is 29.0. The zero-order chi connectivity index (χ0) is 30.3. The summed E-state index contributed by atoms with van der Waals surface area (Å²) in [6.45, 7) is -0.542. The minimum Gasteiger partial charge on any atom is -0.357 e. The lowest BCUT2D eigenvalue weighted by Gasteiger charge is -2.33. The van der Waals surface area contributed by atoms with Gasteiger partial charge in [0, 0.05) is 34.5 Å². The SMILES string of the molecule is CNC(=O)C(Cc1ccccc1)N(Cc1ccc(Br)cc1)C(=O)CN(c1cc(Cl)cc(Cl)c1)S(=O)(=O)c1ccccc1. The smallest absolute Gasteiger partial charge is 0.264 e. The molecule has 1 N–H and O–H groups in total. The van der Waals surface area contributed by atoms with E-state index in [1.54, 1.807) is 18.2 Å². The second kappa shape index (κ2) is 14.2. The molecule has 0 spiro atoms. The van der Waals surface area contributed by atoms with Crippen molar-refractivity contribution in [3.05, 3.63) is 129 Å². The second-order valence-electron chi connectivity index (χ2n) is 9.42. The van der Waals surface area contributed by atoms with E-state index >= 15 is 0 Å². The van der Waals surface area contributed by atoms with Crippen LogP contribution in [0, 0.1) is 0 Å². The Morgan fingerprint density at radius 2 is 1.40 bits per heavy atom. The van der Waals surface area contributed by atoms with E-state index in [2.05, 4.69) is 21.2 Å². The van der Waals surface area contributed by atoms with Gasteiger partial charge in [-0.1, -0.05) is 99.8 Å². The average Bonchev–Trinajstić information content (AvgIpc) is 2.98. The Hall–Kier alpha value is -3.37. The molecular weight excluding hydrogens is 661 g/mol. The van der Waals surface area contributed by atoms with Gasteiger partial charge < -0.3 is 10.2 Å². The van der Waals surface area contributed by atoms with Crippen LogP contribution >= 0.6 is 39.1 Å². The molecule has 0 bridgehead atoms. The number of hydrogen-bond donors (Lipinski definition) is 1. The van der Waals surface area contributed by atoms with Crippen molar-refractivity contribution in [1.29, 1.82) is 0 Å². The minimum absolute atomic E-state index is 0.0134. The maximum atomic E-state index is 14.3. The maximum Gasteiger partial charge on any atom is 0.264 e. The summed E-state index contributed by atoms with van der Waals surface area (Å²) < 4.78 is 29.7. The number of nitrogens with zero attached hydrogens (tertiary/aromatic N) is 2. The molecule has 4 aromatic carbocycles. The molecule has 11 heteroatoms. The van der Waals surface area contributed by atoms with Crippen LogP contribution in [0.15, 0.2) is 112 Å². The van der Waals surface area contributed by atoms with Crippen molar-refractivity contribution >= 4 is 66.7 Å². The van der Waals surface area contributed by atoms with Crippen LogP contribution in [0.4, 0.5) is 5.69 Å². The van der Waals surface area contributed by atoms with Crippen molar-refractivity contribution in [3.8, 4) is 0 Å².